The highest BCUT2D eigenvalue weighted by atomic mass is 16.5. The summed E-state index contributed by atoms with van der Waals surface area (Å²) in [6.07, 6.45) is 2.00. The van der Waals surface area contributed by atoms with E-state index in [0.717, 1.165) is 25.9 Å². The molecule has 0 saturated carbocycles. The number of carbonyl (C=O) groups is 1. The average Bonchev–Trinajstić information content (AvgIpc) is 3.14. The number of hydrogen-bond acceptors (Lipinski definition) is 4. The van der Waals surface area contributed by atoms with E-state index < -0.39 is 0 Å². The summed E-state index contributed by atoms with van der Waals surface area (Å²) < 4.78 is 5.66. The molecule has 1 fully saturated rings. The third-order valence-electron chi connectivity index (χ3n) is 6.22. The van der Waals surface area contributed by atoms with Crippen molar-refractivity contribution in [1.29, 1.82) is 0 Å². The van der Waals surface area contributed by atoms with Gasteiger partial charge < -0.3 is 19.6 Å². The van der Waals surface area contributed by atoms with Gasteiger partial charge in [0.2, 0.25) is 0 Å². The zero-order valence-corrected chi connectivity index (χ0v) is 18.1. The first-order chi connectivity index (χ1) is 14.6. The molecule has 1 saturated heterocycles. The van der Waals surface area contributed by atoms with Crippen LogP contribution in [0.1, 0.15) is 18.9 Å². The summed E-state index contributed by atoms with van der Waals surface area (Å²) in [7, 11) is 2.13. The van der Waals surface area contributed by atoms with Crippen LogP contribution < -0.4 is 4.74 Å². The van der Waals surface area contributed by atoms with Gasteiger partial charge in [0.05, 0.1) is 12.6 Å². The van der Waals surface area contributed by atoms with Gasteiger partial charge in [0.1, 0.15) is 5.75 Å². The molecule has 3 atom stereocenters. The zero-order chi connectivity index (χ0) is 21.3. The SMILES string of the molecule is CC[C@@H]1CN(C(=O)COc2ccccc2)[C@H](CO)[C@@H]1CN(C)CCc1ccccc1. The number of hydrogen-bond donors (Lipinski definition) is 1. The summed E-state index contributed by atoms with van der Waals surface area (Å²) >= 11 is 0. The first kappa shape index (κ1) is 22.3. The lowest BCUT2D eigenvalue weighted by Gasteiger charge is -2.30. The van der Waals surface area contributed by atoms with E-state index >= 15 is 0 Å². The highest BCUT2D eigenvalue weighted by Gasteiger charge is 2.42. The van der Waals surface area contributed by atoms with Gasteiger partial charge in [-0.15, -0.1) is 0 Å². The van der Waals surface area contributed by atoms with Gasteiger partial charge in [0, 0.05) is 19.6 Å². The number of carbonyl (C=O) groups excluding carboxylic acids is 1. The fourth-order valence-electron chi connectivity index (χ4n) is 4.45. The van der Waals surface area contributed by atoms with Gasteiger partial charge in [-0.1, -0.05) is 61.9 Å². The maximum Gasteiger partial charge on any atom is 0.260 e. The molecule has 0 spiro atoms. The number of benzene rings is 2. The van der Waals surface area contributed by atoms with Gasteiger partial charge in [-0.3, -0.25) is 4.79 Å². The normalized spacial score (nSPS) is 21.2. The molecule has 30 heavy (non-hydrogen) atoms. The Morgan fingerprint density at radius 2 is 1.80 bits per heavy atom. The van der Waals surface area contributed by atoms with E-state index in [-0.39, 0.29) is 31.1 Å². The molecule has 5 heteroatoms. The number of likely N-dealkylation sites (N-methyl/N-ethyl adjacent to an activating group) is 1. The summed E-state index contributed by atoms with van der Waals surface area (Å²) in [5.41, 5.74) is 1.33. The van der Waals surface area contributed by atoms with Crippen LogP contribution in [0.2, 0.25) is 0 Å². The van der Waals surface area contributed by atoms with Crippen molar-refractivity contribution in [3.63, 3.8) is 0 Å². The minimum absolute atomic E-state index is 0.00745. The van der Waals surface area contributed by atoms with Crippen molar-refractivity contribution < 1.29 is 14.6 Å². The van der Waals surface area contributed by atoms with Gasteiger partial charge in [-0.2, -0.15) is 0 Å². The molecular formula is C25H34N2O3. The van der Waals surface area contributed by atoms with Crippen LogP contribution in [0.15, 0.2) is 60.7 Å². The van der Waals surface area contributed by atoms with Crippen molar-refractivity contribution in [2.24, 2.45) is 11.8 Å². The Bertz CT molecular complexity index is 768. The fraction of sp³-hybridized carbons (Fsp3) is 0.480. The topological polar surface area (TPSA) is 53.0 Å². The number of aliphatic hydroxyl groups is 1. The smallest absolute Gasteiger partial charge is 0.260 e. The Morgan fingerprint density at radius 3 is 2.43 bits per heavy atom. The molecule has 3 rings (SSSR count). The molecule has 2 aromatic carbocycles. The molecule has 1 N–H and O–H groups in total. The Labute approximate surface area is 180 Å². The molecule has 0 bridgehead atoms. The van der Waals surface area contributed by atoms with E-state index in [9.17, 15) is 9.90 Å². The van der Waals surface area contributed by atoms with Crippen molar-refractivity contribution in [3.05, 3.63) is 66.2 Å². The van der Waals surface area contributed by atoms with E-state index in [0.29, 0.717) is 18.2 Å². The van der Waals surface area contributed by atoms with Crippen LogP contribution in [0.4, 0.5) is 0 Å². The summed E-state index contributed by atoms with van der Waals surface area (Å²) in [6.45, 7) is 4.69. The first-order valence-electron chi connectivity index (χ1n) is 10.9. The molecule has 0 aliphatic carbocycles. The van der Waals surface area contributed by atoms with Crippen LogP contribution >= 0.6 is 0 Å². The Kier molecular flexibility index (Phi) is 8.29. The zero-order valence-electron chi connectivity index (χ0n) is 18.1. The van der Waals surface area contributed by atoms with Crippen LogP contribution in [0.25, 0.3) is 0 Å². The van der Waals surface area contributed by atoms with Crippen molar-refractivity contribution in [3.8, 4) is 5.75 Å². The predicted molar refractivity (Wildman–Crippen MR) is 119 cm³/mol. The molecule has 1 heterocycles. The Morgan fingerprint density at radius 1 is 1.13 bits per heavy atom. The lowest BCUT2D eigenvalue weighted by molar-refractivity contribution is -0.135. The Balaban J connectivity index is 1.57. The van der Waals surface area contributed by atoms with Crippen molar-refractivity contribution in [2.45, 2.75) is 25.8 Å². The monoisotopic (exact) mass is 410 g/mol. The van der Waals surface area contributed by atoms with Crippen LogP contribution in [0, 0.1) is 11.8 Å². The fourth-order valence-corrected chi connectivity index (χ4v) is 4.45. The number of rotatable bonds is 10. The van der Waals surface area contributed by atoms with Gasteiger partial charge in [0.15, 0.2) is 6.61 Å². The van der Waals surface area contributed by atoms with Crippen molar-refractivity contribution in [1.82, 2.24) is 9.80 Å². The second-order valence-electron chi connectivity index (χ2n) is 8.23. The van der Waals surface area contributed by atoms with Crippen molar-refractivity contribution in [2.75, 3.05) is 39.9 Å². The number of amides is 1. The second-order valence-corrected chi connectivity index (χ2v) is 8.23. The number of likely N-dealkylation sites (tertiary alicyclic amines) is 1. The van der Waals surface area contributed by atoms with Crippen LogP contribution in [0.3, 0.4) is 0 Å². The van der Waals surface area contributed by atoms with Crippen LogP contribution in [-0.2, 0) is 11.2 Å². The van der Waals surface area contributed by atoms with Crippen LogP contribution in [-0.4, -0.2) is 66.8 Å². The molecular weight excluding hydrogens is 376 g/mol. The van der Waals surface area contributed by atoms with E-state index in [1.807, 2.05) is 41.3 Å². The van der Waals surface area contributed by atoms with Gasteiger partial charge in [-0.05, 0) is 43.0 Å². The molecule has 1 aliphatic heterocycles. The standard InChI is InChI=1S/C25H34N2O3/c1-3-21-16-27(25(29)19-30-22-12-8-5-9-13-22)24(18-28)23(21)17-26(2)15-14-20-10-6-4-7-11-20/h4-13,21,23-24,28H,3,14-19H2,1-2H3/t21-,23-,24-/m1/s1. The average molecular weight is 411 g/mol. The first-order valence-corrected chi connectivity index (χ1v) is 10.9. The predicted octanol–water partition coefficient (Wildman–Crippen LogP) is 3.09. The van der Waals surface area contributed by atoms with E-state index in [1.54, 1.807) is 0 Å². The highest BCUT2D eigenvalue weighted by molar-refractivity contribution is 5.78. The Hall–Kier alpha value is -2.37. The number of aliphatic hydroxyl groups excluding tert-OH is 1. The summed E-state index contributed by atoms with van der Waals surface area (Å²) in [5, 5.41) is 10.1. The van der Waals surface area contributed by atoms with Gasteiger partial charge in [-0.25, -0.2) is 0 Å². The molecule has 0 unspecified atom stereocenters. The minimum Gasteiger partial charge on any atom is -0.484 e. The van der Waals surface area contributed by atoms with E-state index in [4.69, 9.17) is 4.74 Å². The molecule has 2 aromatic rings. The number of para-hydroxylation sites is 1. The summed E-state index contributed by atoms with van der Waals surface area (Å²) in [4.78, 5) is 17.0. The highest BCUT2D eigenvalue weighted by Crippen LogP contribution is 2.33. The quantitative estimate of drug-likeness (QED) is 0.654. The number of ether oxygens (including phenoxy) is 1. The van der Waals surface area contributed by atoms with E-state index in [2.05, 4.69) is 43.1 Å². The maximum absolute atomic E-state index is 12.9. The molecule has 1 aliphatic rings. The maximum atomic E-state index is 12.9. The molecule has 0 aromatic heterocycles. The van der Waals surface area contributed by atoms with Crippen molar-refractivity contribution >= 4 is 5.91 Å². The third kappa shape index (κ3) is 5.83. The summed E-state index contributed by atoms with van der Waals surface area (Å²) in [6, 6.07) is 19.7. The largest absolute Gasteiger partial charge is 0.484 e. The van der Waals surface area contributed by atoms with Gasteiger partial charge >= 0.3 is 0 Å². The third-order valence-corrected chi connectivity index (χ3v) is 6.22. The summed E-state index contributed by atoms with van der Waals surface area (Å²) in [5.74, 6) is 1.30. The van der Waals surface area contributed by atoms with E-state index in [1.165, 1.54) is 5.56 Å². The molecule has 0 radical (unpaired) electrons. The van der Waals surface area contributed by atoms with Crippen LogP contribution in [0.5, 0.6) is 5.75 Å². The second kappa shape index (κ2) is 11.1. The lowest BCUT2D eigenvalue weighted by atomic mass is 9.88. The molecule has 5 nitrogen and oxygen atoms in total. The lowest BCUT2D eigenvalue weighted by Crippen LogP contribution is -2.45. The van der Waals surface area contributed by atoms with Gasteiger partial charge in [0.25, 0.3) is 5.91 Å². The number of nitrogens with zero attached hydrogens (tertiary/aromatic N) is 2. The molecule has 162 valence electrons. The minimum atomic E-state index is -0.152. The molecule has 1 amide bonds.